The quantitative estimate of drug-likeness (QED) is 0.446. The first-order valence-corrected chi connectivity index (χ1v) is 10.6. The number of nitrogens with one attached hydrogen (secondary N) is 2. The Morgan fingerprint density at radius 2 is 1.97 bits per heavy atom. The number of amides is 1. The van der Waals surface area contributed by atoms with Crippen LogP contribution in [-0.2, 0) is 20.7 Å². The van der Waals surface area contributed by atoms with Crippen LogP contribution in [0.25, 0.3) is 10.9 Å². The number of fused-ring (bicyclic) bond motifs is 2. The van der Waals surface area contributed by atoms with Crippen molar-refractivity contribution in [1.82, 2.24) is 10.3 Å². The van der Waals surface area contributed by atoms with E-state index in [1.165, 1.54) is 18.9 Å². The molecule has 1 aliphatic heterocycles. The van der Waals surface area contributed by atoms with Gasteiger partial charge in [-0.25, -0.2) is 4.79 Å². The van der Waals surface area contributed by atoms with Gasteiger partial charge < -0.3 is 24.5 Å². The number of carbonyl (C=O) groups excluding carboxylic acids is 2. The molecule has 0 fully saturated rings. The molecular formula is C22H22N2O5S. The van der Waals surface area contributed by atoms with Crippen molar-refractivity contribution in [2.24, 2.45) is 0 Å². The Morgan fingerprint density at radius 3 is 2.80 bits per heavy atom. The second-order valence-electron chi connectivity index (χ2n) is 6.80. The second-order valence-corrected chi connectivity index (χ2v) is 7.85. The van der Waals surface area contributed by atoms with E-state index in [0.29, 0.717) is 31.1 Å². The van der Waals surface area contributed by atoms with Crippen LogP contribution in [0.15, 0.2) is 53.6 Å². The molecule has 7 nitrogen and oxygen atoms in total. The molecule has 8 heteroatoms. The third-order valence-electron chi connectivity index (χ3n) is 4.80. The second kappa shape index (κ2) is 9.13. The molecule has 1 amide bonds. The first-order chi connectivity index (χ1) is 14.6. The van der Waals surface area contributed by atoms with E-state index in [4.69, 9.17) is 14.2 Å². The Balaban J connectivity index is 1.39. The van der Waals surface area contributed by atoms with Crippen molar-refractivity contribution in [2.75, 3.05) is 26.1 Å². The molecule has 1 aliphatic rings. The predicted octanol–water partition coefficient (Wildman–Crippen LogP) is 2.93. The molecule has 30 heavy (non-hydrogen) atoms. The van der Waals surface area contributed by atoms with Crippen LogP contribution in [0.4, 0.5) is 0 Å². The molecule has 1 atom stereocenters. The van der Waals surface area contributed by atoms with Crippen LogP contribution in [-0.4, -0.2) is 49.0 Å². The van der Waals surface area contributed by atoms with Crippen LogP contribution in [0.5, 0.6) is 11.5 Å². The maximum Gasteiger partial charge on any atom is 0.328 e. The number of ether oxygens (including phenoxy) is 3. The van der Waals surface area contributed by atoms with Crippen molar-refractivity contribution in [1.29, 1.82) is 0 Å². The fourth-order valence-electron chi connectivity index (χ4n) is 3.35. The zero-order valence-corrected chi connectivity index (χ0v) is 17.3. The number of hydrogen-bond donors (Lipinski definition) is 2. The van der Waals surface area contributed by atoms with Gasteiger partial charge in [0.15, 0.2) is 11.5 Å². The molecule has 2 heterocycles. The number of hydrogen-bond acceptors (Lipinski definition) is 6. The number of carbonyl (C=O) groups is 2. The Kier molecular flexibility index (Phi) is 6.13. The van der Waals surface area contributed by atoms with Gasteiger partial charge in [0.2, 0.25) is 5.91 Å². The lowest BCUT2D eigenvalue weighted by Gasteiger charge is -2.19. The summed E-state index contributed by atoms with van der Waals surface area (Å²) in [5.41, 5.74) is 1.93. The summed E-state index contributed by atoms with van der Waals surface area (Å²) in [5.74, 6) is 0.835. The minimum atomic E-state index is -0.762. The van der Waals surface area contributed by atoms with Crippen molar-refractivity contribution >= 4 is 34.5 Å². The molecule has 1 unspecified atom stereocenters. The predicted molar refractivity (Wildman–Crippen MR) is 114 cm³/mol. The summed E-state index contributed by atoms with van der Waals surface area (Å²) in [4.78, 5) is 28.9. The first-order valence-electron chi connectivity index (χ1n) is 9.58. The fraction of sp³-hybridized carbons (Fsp3) is 0.273. The number of H-pyrrole nitrogens is 1. The zero-order valence-electron chi connectivity index (χ0n) is 16.5. The minimum Gasteiger partial charge on any atom is -0.486 e. The molecule has 2 N–H and O–H groups in total. The number of aromatic amines is 1. The van der Waals surface area contributed by atoms with Gasteiger partial charge in [0, 0.05) is 28.4 Å². The van der Waals surface area contributed by atoms with Gasteiger partial charge in [-0.2, -0.15) is 0 Å². The van der Waals surface area contributed by atoms with E-state index in [1.807, 2.05) is 48.7 Å². The smallest absolute Gasteiger partial charge is 0.328 e. The van der Waals surface area contributed by atoms with Crippen molar-refractivity contribution in [3.8, 4) is 11.5 Å². The molecule has 0 saturated heterocycles. The lowest BCUT2D eigenvalue weighted by atomic mass is 10.0. The minimum absolute atomic E-state index is 0.168. The number of thioether (sulfide) groups is 1. The van der Waals surface area contributed by atoms with E-state index < -0.39 is 12.0 Å². The Bertz CT molecular complexity index is 1060. The summed E-state index contributed by atoms with van der Waals surface area (Å²) >= 11 is 1.37. The third kappa shape index (κ3) is 4.54. The van der Waals surface area contributed by atoms with E-state index >= 15 is 0 Å². The van der Waals surface area contributed by atoms with E-state index in [1.54, 1.807) is 0 Å². The highest BCUT2D eigenvalue weighted by Crippen LogP contribution is 2.34. The third-order valence-corrected chi connectivity index (χ3v) is 5.80. The van der Waals surface area contributed by atoms with Crippen molar-refractivity contribution in [2.45, 2.75) is 17.4 Å². The molecule has 0 saturated carbocycles. The molecule has 4 rings (SSSR count). The largest absolute Gasteiger partial charge is 0.486 e. The molecule has 0 bridgehead atoms. The van der Waals surface area contributed by atoms with Gasteiger partial charge in [-0.1, -0.05) is 18.2 Å². The first kappa shape index (κ1) is 20.2. The van der Waals surface area contributed by atoms with Gasteiger partial charge >= 0.3 is 5.97 Å². The van der Waals surface area contributed by atoms with Crippen LogP contribution >= 0.6 is 11.8 Å². The lowest BCUT2D eigenvalue weighted by Crippen LogP contribution is -2.43. The average Bonchev–Trinajstić information content (AvgIpc) is 3.19. The van der Waals surface area contributed by atoms with Crippen LogP contribution in [0, 0.1) is 0 Å². The van der Waals surface area contributed by atoms with Gasteiger partial charge in [-0.05, 0) is 29.8 Å². The molecule has 0 aliphatic carbocycles. The number of rotatable bonds is 7. The molecule has 3 aromatic rings. The molecule has 2 aromatic carbocycles. The highest BCUT2D eigenvalue weighted by atomic mass is 32.2. The van der Waals surface area contributed by atoms with Crippen LogP contribution in [0.2, 0.25) is 0 Å². The molecule has 1 aromatic heterocycles. The summed E-state index contributed by atoms with van der Waals surface area (Å²) in [7, 11) is 1.32. The molecule has 0 spiro atoms. The topological polar surface area (TPSA) is 89.7 Å². The monoisotopic (exact) mass is 426 g/mol. The van der Waals surface area contributed by atoms with Gasteiger partial charge in [0.05, 0.1) is 12.9 Å². The van der Waals surface area contributed by atoms with Gasteiger partial charge in [0.25, 0.3) is 0 Å². The maximum absolute atomic E-state index is 12.5. The summed E-state index contributed by atoms with van der Waals surface area (Å²) in [6.07, 6.45) is 2.20. The van der Waals surface area contributed by atoms with Crippen LogP contribution in [0.1, 0.15) is 5.56 Å². The molecule has 0 radical (unpaired) electrons. The average molecular weight is 426 g/mol. The summed E-state index contributed by atoms with van der Waals surface area (Å²) in [5, 5.41) is 3.82. The highest BCUT2D eigenvalue weighted by molar-refractivity contribution is 8.00. The molecular weight excluding hydrogens is 404 g/mol. The maximum atomic E-state index is 12.5. The molecule has 156 valence electrons. The van der Waals surface area contributed by atoms with Crippen LogP contribution in [0.3, 0.4) is 0 Å². The fourth-order valence-corrected chi connectivity index (χ4v) is 4.09. The van der Waals surface area contributed by atoms with Gasteiger partial charge in [-0.3, -0.25) is 4.79 Å². The highest BCUT2D eigenvalue weighted by Gasteiger charge is 2.23. The number of methoxy groups -OCH3 is 1. The number of aromatic nitrogens is 1. The Morgan fingerprint density at radius 1 is 1.17 bits per heavy atom. The summed E-state index contributed by atoms with van der Waals surface area (Å²) in [6.45, 7) is 1.05. The summed E-state index contributed by atoms with van der Waals surface area (Å²) in [6, 6.07) is 12.6. The number of benzene rings is 2. The Labute approximate surface area is 178 Å². The van der Waals surface area contributed by atoms with Crippen LogP contribution < -0.4 is 14.8 Å². The van der Waals surface area contributed by atoms with Crippen molar-refractivity contribution < 1.29 is 23.8 Å². The van der Waals surface area contributed by atoms with Crippen molar-refractivity contribution in [3.05, 3.63) is 54.2 Å². The lowest BCUT2D eigenvalue weighted by molar-refractivity contribution is -0.144. The zero-order chi connectivity index (χ0) is 20.9. The number of esters is 1. The Hall–Kier alpha value is -3.13. The van der Waals surface area contributed by atoms with E-state index in [2.05, 4.69) is 10.3 Å². The normalized spacial score (nSPS) is 13.6. The standard InChI is InChI=1S/C22H22N2O5S/c1-27-22(26)18(10-14-12-23-17-5-3-2-4-16(14)17)24-21(25)13-30-15-6-7-19-20(11-15)29-9-8-28-19/h2-7,11-12,18,23H,8-10,13H2,1H3,(H,24,25). The van der Waals surface area contributed by atoms with E-state index in [0.717, 1.165) is 21.4 Å². The van der Waals surface area contributed by atoms with E-state index in [9.17, 15) is 9.59 Å². The van der Waals surface area contributed by atoms with Crippen molar-refractivity contribution in [3.63, 3.8) is 0 Å². The summed E-state index contributed by atoms with van der Waals surface area (Å²) < 4.78 is 16.0. The number of para-hydroxylation sites is 1. The SMILES string of the molecule is COC(=O)C(Cc1c[nH]c2ccccc12)NC(=O)CSc1ccc2c(c1)OCCO2. The van der Waals surface area contributed by atoms with Gasteiger partial charge in [0.1, 0.15) is 19.3 Å². The van der Waals surface area contributed by atoms with E-state index in [-0.39, 0.29) is 11.7 Å². The van der Waals surface area contributed by atoms with Gasteiger partial charge in [-0.15, -0.1) is 11.8 Å².